The van der Waals surface area contributed by atoms with Crippen LogP contribution in [0.4, 0.5) is 11.4 Å². The van der Waals surface area contributed by atoms with Gasteiger partial charge >= 0.3 is 0 Å². The summed E-state index contributed by atoms with van der Waals surface area (Å²) >= 11 is 17.8. The van der Waals surface area contributed by atoms with Crippen molar-refractivity contribution >= 4 is 64.0 Å². The molecule has 1 heterocycles. The standard InChI is InChI=1S/C17H9Cl3N2O4/c18-11-6-5-10(7-12(11)19)22-15(23)13(20)14(16(22)24)21-9-3-1-8(2-4-9)17(25)26/h1-7,21H,(H,25,26)/p-1. The maximum atomic E-state index is 12.6. The van der Waals surface area contributed by atoms with Gasteiger partial charge in [0.15, 0.2) is 0 Å². The number of carbonyl (C=O) groups excluding carboxylic acids is 3. The van der Waals surface area contributed by atoms with Gasteiger partial charge in [0.25, 0.3) is 11.8 Å². The van der Waals surface area contributed by atoms with Crippen molar-refractivity contribution in [3.8, 4) is 0 Å². The fourth-order valence-electron chi connectivity index (χ4n) is 2.30. The number of nitrogens with one attached hydrogen (secondary N) is 1. The molecule has 1 N–H and O–H groups in total. The average molecular weight is 411 g/mol. The van der Waals surface area contributed by atoms with Crippen LogP contribution < -0.4 is 15.3 Å². The summed E-state index contributed by atoms with van der Waals surface area (Å²) in [5.74, 6) is -2.72. The molecule has 0 atom stereocenters. The van der Waals surface area contributed by atoms with E-state index in [-0.39, 0.29) is 32.0 Å². The Morgan fingerprint density at radius 2 is 1.58 bits per heavy atom. The molecule has 0 saturated carbocycles. The Bertz CT molecular complexity index is 970. The van der Waals surface area contributed by atoms with Gasteiger partial charge in [0.05, 0.1) is 21.7 Å². The van der Waals surface area contributed by atoms with Crippen LogP contribution in [0.15, 0.2) is 53.2 Å². The summed E-state index contributed by atoms with van der Waals surface area (Å²) in [4.78, 5) is 36.6. The fraction of sp³-hybridized carbons (Fsp3) is 0. The molecular formula is C17H8Cl3N2O4-. The molecule has 0 spiro atoms. The smallest absolute Gasteiger partial charge is 0.283 e. The summed E-state index contributed by atoms with van der Waals surface area (Å²) in [5, 5.41) is 13.7. The van der Waals surface area contributed by atoms with Gasteiger partial charge in [-0.3, -0.25) is 9.59 Å². The zero-order valence-corrected chi connectivity index (χ0v) is 15.0. The summed E-state index contributed by atoms with van der Waals surface area (Å²) < 4.78 is 0. The molecule has 1 aliphatic heterocycles. The van der Waals surface area contributed by atoms with Crippen molar-refractivity contribution in [2.75, 3.05) is 10.2 Å². The summed E-state index contributed by atoms with van der Waals surface area (Å²) in [6.45, 7) is 0. The van der Waals surface area contributed by atoms with E-state index in [9.17, 15) is 19.5 Å². The molecule has 3 rings (SSSR count). The van der Waals surface area contributed by atoms with Crippen LogP contribution in [0.25, 0.3) is 0 Å². The normalized spacial score (nSPS) is 14.2. The number of amides is 2. The van der Waals surface area contributed by atoms with E-state index in [0.29, 0.717) is 5.69 Å². The Morgan fingerprint density at radius 3 is 2.15 bits per heavy atom. The van der Waals surface area contributed by atoms with Crippen molar-refractivity contribution in [1.29, 1.82) is 0 Å². The lowest BCUT2D eigenvalue weighted by Crippen LogP contribution is -2.32. The lowest BCUT2D eigenvalue weighted by Gasteiger charge is -2.15. The van der Waals surface area contributed by atoms with Gasteiger partial charge in [0.1, 0.15) is 10.7 Å². The van der Waals surface area contributed by atoms with E-state index in [1.165, 1.54) is 42.5 Å². The third-order valence-corrected chi connectivity index (χ3v) is 4.67. The summed E-state index contributed by atoms with van der Waals surface area (Å²) in [7, 11) is 0. The minimum atomic E-state index is -1.33. The molecule has 0 radical (unpaired) electrons. The first-order chi connectivity index (χ1) is 12.3. The van der Waals surface area contributed by atoms with Crippen LogP contribution in [0, 0.1) is 0 Å². The van der Waals surface area contributed by atoms with E-state index in [2.05, 4.69) is 5.32 Å². The van der Waals surface area contributed by atoms with E-state index in [1.807, 2.05) is 0 Å². The van der Waals surface area contributed by atoms with E-state index < -0.39 is 17.8 Å². The highest BCUT2D eigenvalue weighted by atomic mass is 35.5. The summed E-state index contributed by atoms with van der Waals surface area (Å²) in [6.07, 6.45) is 0. The first-order valence-electron chi connectivity index (χ1n) is 7.11. The molecule has 26 heavy (non-hydrogen) atoms. The zero-order chi connectivity index (χ0) is 19.0. The maximum absolute atomic E-state index is 12.6. The van der Waals surface area contributed by atoms with Crippen LogP contribution in [0.5, 0.6) is 0 Å². The molecule has 6 nitrogen and oxygen atoms in total. The minimum absolute atomic E-state index is 0.0260. The summed E-state index contributed by atoms with van der Waals surface area (Å²) in [6, 6.07) is 9.73. The Balaban J connectivity index is 1.88. The summed E-state index contributed by atoms with van der Waals surface area (Å²) in [5.41, 5.74) is 0.433. The first kappa shape index (κ1) is 18.3. The number of anilines is 2. The molecule has 2 aromatic rings. The van der Waals surface area contributed by atoms with E-state index >= 15 is 0 Å². The number of carboxylic acid groups (broad SMARTS) is 1. The lowest BCUT2D eigenvalue weighted by atomic mass is 10.2. The molecule has 0 bridgehead atoms. The quantitative estimate of drug-likeness (QED) is 0.783. The highest BCUT2D eigenvalue weighted by Crippen LogP contribution is 2.33. The molecule has 9 heteroatoms. The minimum Gasteiger partial charge on any atom is -0.545 e. The van der Waals surface area contributed by atoms with Crippen molar-refractivity contribution < 1.29 is 19.5 Å². The van der Waals surface area contributed by atoms with Gasteiger partial charge < -0.3 is 15.2 Å². The molecular weight excluding hydrogens is 403 g/mol. The van der Waals surface area contributed by atoms with Gasteiger partial charge in [-0.2, -0.15) is 0 Å². The predicted octanol–water partition coefficient (Wildman–Crippen LogP) is 2.79. The van der Waals surface area contributed by atoms with Crippen molar-refractivity contribution in [2.45, 2.75) is 0 Å². The van der Waals surface area contributed by atoms with Gasteiger partial charge in [0.2, 0.25) is 0 Å². The fourth-order valence-corrected chi connectivity index (χ4v) is 2.81. The van der Waals surface area contributed by atoms with Crippen LogP contribution >= 0.6 is 34.8 Å². The predicted molar refractivity (Wildman–Crippen MR) is 96.2 cm³/mol. The third kappa shape index (κ3) is 3.26. The van der Waals surface area contributed by atoms with Crippen LogP contribution in [-0.2, 0) is 9.59 Å². The number of imide groups is 1. The number of hydrogen-bond acceptors (Lipinski definition) is 5. The molecule has 0 unspecified atom stereocenters. The highest BCUT2D eigenvalue weighted by molar-refractivity contribution is 6.53. The molecule has 1 aliphatic rings. The van der Waals surface area contributed by atoms with Crippen LogP contribution in [-0.4, -0.2) is 17.8 Å². The molecule has 0 saturated heterocycles. The Hall–Kier alpha value is -2.54. The largest absolute Gasteiger partial charge is 0.545 e. The molecule has 0 fully saturated rings. The molecule has 0 aliphatic carbocycles. The first-order valence-corrected chi connectivity index (χ1v) is 8.25. The monoisotopic (exact) mass is 409 g/mol. The molecule has 132 valence electrons. The Labute approximate surface area is 162 Å². The molecule has 2 amide bonds. The number of benzene rings is 2. The number of halogens is 3. The number of carboxylic acids is 1. The second-order valence-electron chi connectivity index (χ2n) is 5.22. The molecule has 2 aromatic carbocycles. The average Bonchev–Trinajstić information content (AvgIpc) is 2.81. The highest BCUT2D eigenvalue weighted by Gasteiger charge is 2.39. The number of aromatic carboxylic acids is 1. The van der Waals surface area contributed by atoms with Gasteiger partial charge in [0, 0.05) is 5.69 Å². The van der Waals surface area contributed by atoms with Gasteiger partial charge in [-0.15, -0.1) is 0 Å². The molecule has 0 aromatic heterocycles. The maximum Gasteiger partial charge on any atom is 0.283 e. The van der Waals surface area contributed by atoms with E-state index in [4.69, 9.17) is 34.8 Å². The van der Waals surface area contributed by atoms with E-state index in [1.54, 1.807) is 0 Å². The van der Waals surface area contributed by atoms with Crippen molar-refractivity contribution in [3.05, 3.63) is 68.8 Å². The van der Waals surface area contributed by atoms with Gasteiger partial charge in [-0.25, -0.2) is 4.90 Å². The van der Waals surface area contributed by atoms with Crippen molar-refractivity contribution in [3.63, 3.8) is 0 Å². The van der Waals surface area contributed by atoms with Crippen LogP contribution in [0.2, 0.25) is 10.0 Å². The number of rotatable bonds is 4. The second kappa shape index (κ2) is 6.99. The van der Waals surface area contributed by atoms with E-state index in [0.717, 1.165) is 4.90 Å². The topological polar surface area (TPSA) is 89.5 Å². The van der Waals surface area contributed by atoms with Crippen LogP contribution in [0.3, 0.4) is 0 Å². The number of nitrogens with zero attached hydrogens (tertiary/aromatic N) is 1. The second-order valence-corrected chi connectivity index (χ2v) is 6.42. The number of hydrogen-bond donors (Lipinski definition) is 1. The SMILES string of the molecule is O=C([O-])c1ccc(NC2=C(Cl)C(=O)N(c3ccc(Cl)c(Cl)c3)C2=O)cc1. The van der Waals surface area contributed by atoms with Crippen molar-refractivity contribution in [1.82, 2.24) is 0 Å². The van der Waals surface area contributed by atoms with Gasteiger partial charge in [-0.1, -0.05) is 46.9 Å². The lowest BCUT2D eigenvalue weighted by molar-refractivity contribution is -0.255. The Kier molecular flexibility index (Phi) is 4.91. The van der Waals surface area contributed by atoms with Crippen LogP contribution in [0.1, 0.15) is 10.4 Å². The van der Waals surface area contributed by atoms with Crippen molar-refractivity contribution in [2.24, 2.45) is 0 Å². The third-order valence-electron chi connectivity index (χ3n) is 3.58. The Morgan fingerprint density at radius 1 is 0.923 bits per heavy atom. The zero-order valence-electron chi connectivity index (χ0n) is 12.8. The number of carbonyl (C=O) groups is 3. The van der Waals surface area contributed by atoms with Gasteiger partial charge in [-0.05, 0) is 35.9 Å².